The van der Waals surface area contributed by atoms with Crippen LogP contribution in [0, 0.1) is 22.7 Å². The number of nitrogens with one attached hydrogen (secondary N) is 1. The number of aromatic nitrogens is 1. The van der Waals surface area contributed by atoms with Gasteiger partial charge in [0.2, 0.25) is 0 Å². The van der Waals surface area contributed by atoms with Gasteiger partial charge in [-0.3, -0.25) is 9.69 Å². The molecule has 3 rings (SSSR count). The van der Waals surface area contributed by atoms with E-state index in [4.69, 9.17) is 19.9 Å². The van der Waals surface area contributed by atoms with Gasteiger partial charge in [-0.25, -0.2) is 0 Å². The van der Waals surface area contributed by atoms with Crippen molar-refractivity contribution >= 4 is 5.82 Å². The van der Waals surface area contributed by atoms with Crippen LogP contribution in [0.4, 0.5) is 5.82 Å². The van der Waals surface area contributed by atoms with E-state index in [0.29, 0.717) is 30.3 Å². The van der Waals surface area contributed by atoms with Gasteiger partial charge >= 0.3 is 0 Å². The van der Waals surface area contributed by atoms with Crippen LogP contribution in [-0.4, -0.2) is 55.9 Å². The van der Waals surface area contributed by atoms with Crippen LogP contribution in [-0.2, 0) is 4.74 Å². The van der Waals surface area contributed by atoms with Gasteiger partial charge in [0.1, 0.15) is 35.7 Å². The molecule has 0 spiro atoms. The van der Waals surface area contributed by atoms with Crippen molar-refractivity contribution in [1.82, 2.24) is 9.88 Å². The van der Waals surface area contributed by atoms with Crippen molar-refractivity contribution in [3.8, 4) is 34.8 Å². The Kier molecular flexibility index (Phi) is 6.91. The molecule has 0 saturated carbocycles. The molecule has 1 aromatic heterocycles. The van der Waals surface area contributed by atoms with Gasteiger partial charge in [0.15, 0.2) is 11.5 Å². The zero-order valence-electron chi connectivity index (χ0n) is 16.7. The molecule has 0 bridgehead atoms. The van der Waals surface area contributed by atoms with Crippen LogP contribution in [0.3, 0.4) is 0 Å². The van der Waals surface area contributed by atoms with E-state index in [2.05, 4.69) is 9.88 Å². The van der Waals surface area contributed by atoms with E-state index in [1.807, 2.05) is 19.1 Å². The average Bonchev–Trinajstić information content (AvgIpc) is 2.75. The molecule has 2 aromatic rings. The molecule has 1 saturated heterocycles. The Hall–Kier alpha value is -3.53. The van der Waals surface area contributed by atoms with Crippen LogP contribution < -0.4 is 20.8 Å². The fraction of sp³-hybridized carbons (Fsp3) is 0.381. The Morgan fingerprint density at radius 2 is 1.90 bits per heavy atom. The number of pyridine rings is 1. The molecule has 30 heavy (non-hydrogen) atoms. The average molecular weight is 409 g/mol. The number of anilines is 1. The number of nitrogen functional groups attached to an aromatic ring is 1. The molecule has 0 aliphatic carbocycles. The van der Waals surface area contributed by atoms with Gasteiger partial charge in [0.25, 0.3) is 5.56 Å². The molecule has 2 heterocycles. The lowest BCUT2D eigenvalue weighted by Gasteiger charge is -2.26. The van der Waals surface area contributed by atoms with E-state index in [-0.39, 0.29) is 22.5 Å². The summed E-state index contributed by atoms with van der Waals surface area (Å²) < 4.78 is 17.0. The molecule has 156 valence electrons. The van der Waals surface area contributed by atoms with E-state index < -0.39 is 5.56 Å². The van der Waals surface area contributed by atoms with Crippen molar-refractivity contribution in [3.63, 3.8) is 0 Å². The highest BCUT2D eigenvalue weighted by molar-refractivity contribution is 5.81. The predicted octanol–water partition coefficient (Wildman–Crippen LogP) is 1.48. The van der Waals surface area contributed by atoms with Crippen molar-refractivity contribution in [2.24, 2.45) is 0 Å². The van der Waals surface area contributed by atoms with Gasteiger partial charge in [0.05, 0.1) is 19.8 Å². The van der Waals surface area contributed by atoms with Crippen molar-refractivity contribution in [2.45, 2.75) is 6.92 Å². The smallest absolute Gasteiger partial charge is 0.268 e. The summed E-state index contributed by atoms with van der Waals surface area (Å²) in [4.78, 5) is 16.8. The Labute approximate surface area is 174 Å². The third kappa shape index (κ3) is 4.54. The molecule has 3 N–H and O–H groups in total. The minimum absolute atomic E-state index is 0.0367. The number of morpholine rings is 1. The zero-order valence-corrected chi connectivity index (χ0v) is 16.7. The summed E-state index contributed by atoms with van der Waals surface area (Å²) in [5.41, 5.74) is 5.67. The summed E-state index contributed by atoms with van der Waals surface area (Å²) in [7, 11) is 0. The summed E-state index contributed by atoms with van der Waals surface area (Å²) >= 11 is 0. The molecule has 1 aliphatic heterocycles. The van der Waals surface area contributed by atoms with Gasteiger partial charge in [-0.2, -0.15) is 10.5 Å². The summed E-state index contributed by atoms with van der Waals surface area (Å²) in [6, 6.07) is 8.88. The number of hydrogen-bond donors (Lipinski definition) is 2. The first-order valence-electron chi connectivity index (χ1n) is 9.65. The van der Waals surface area contributed by atoms with Crippen molar-refractivity contribution in [1.29, 1.82) is 10.5 Å². The zero-order chi connectivity index (χ0) is 21.5. The first kappa shape index (κ1) is 21.2. The number of nitriles is 2. The number of H-pyrrole nitrogens is 1. The third-order valence-electron chi connectivity index (χ3n) is 4.77. The van der Waals surface area contributed by atoms with Gasteiger partial charge in [0, 0.05) is 25.2 Å². The molecule has 9 nitrogen and oxygen atoms in total. The Morgan fingerprint density at radius 3 is 2.57 bits per heavy atom. The summed E-state index contributed by atoms with van der Waals surface area (Å²) in [6.07, 6.45) is 0. The molecule has 0 amide bonds. The van der Waals surface area contributed by atoms with Gasteiger partial charge < -0.3 is 24.9 Å². The Morgan fingerprint density at radius 1 is 1.17 bits per heavy atom. The number of rotatable bonds is 7. The van der Waals surface area contributed by atoms with Crippen LogP contribution in [0.15, 0.2) is 23.0 Å². The number of aromatic amines is 1. The van der Waals surface area contributed by atoms with Crippen molar-refractivity contribution in [2.75, 3.05) is 51.8 Å². The quantitative estimate of drug-likeness (QED) is 0.701. The largest absolute Gasteiger partial charge is 0.490 e. The minimum atomic E-state index is -0.646. The number of benzene rings is 1. The van der Waals surface area contributed by atoms with Gasteiger partial charge in [-0.05, 0) is 24.6 Å². The van der Waals surface area contributed by atoms with E-state index in [1.54, 1.807) is 18.2 Å². The van der Waals surface area contributed by atoms with Crippen LogP contribution >= 0.6 is 0 Å². The van der Waals surface area contributed by atoms with Gasteiger partial charge in [-0.1, -0.05) is 6.07 Å². The van der Waals surface area contributed by atoms with E-state index in [0.717, 1.165) is 32.8 Å². The first-order chi connectivity index (χ1) is 14.6. The second-order valence-corrected chi connectivity index (χ2v) is 6.61. The number of ether oxygens (including phenoxy) is 3. The number of nitrogens with zero attached hydrogens (tertiary/aromatic N) is 3. The lowest BCUT2D eigenvalue weighted by Crippen LogP contribution is -2.38. The predicted molar refractivity (Wildman–Crippen MR) is 110 cm³/mol. The Balaban J connectivity index is 1.91. The molecule has 1 aliphatic rings. The fourth-order valence-corrected chi connectivity index (χ4v) is 3.29. The van der Waals surface area contributed by atoms with Crippen LogP contribution in [0.5, 0.6) is 11.5 Å². The normalized spacial score (nSPS) is 14.0. The highest BCUT2D eigenvalue weighted by atomic mass is 16.5. The lowest BCUT2D eigenvalue weighted by molar-refractivity contribution is 0.0321. The topological polar surface area (TPSA) is 137 Å². The van der Waals surface area contributed by atoms with E-state index >= 15 is 0 Å². The maximum Gasteiger partial charge on any atom is 0.268 e. The standard InChI is InChI=1S/C21H23N5O4/c1-2-29-18-11-14(19-15(12-22)20(24)25-21(27)16(19)13-23)3-4-17(18)30-10-7-26-5-8-28-9-6-26/h3-4,11H,2,5-10H2,1H3,(H3,24,25,27). The molecule has 9 heteroatoms. The summed E-state index contributed by atoms with van der Waals surface area (Å²) in [5, 5.41) is 19.0. The molecule has 0 radical (unpaired) electrons. The van der Waals surface area contributed by atoms with E-state index in [1.165, 1.54) is 0 Å². The van der Waals surface area contributed by atoms with Crippen LogP contribution in [0.25, 0.3) is 11.1 Å². The molecular formula is C21H23N5O4. The third-order valence-corrected chi connectivity index (χ3v) is 4.77. The van der Waals surface area contributed by atoms with Crippen molar-refractivity contribution < 1.29 is 14.2 Å². The highest BCUT2D eigenvalue weighted by Gasteiger charge is 2.20. The maximum absolute atomic E-state index is 12.2. The molecule has 1 aromatic carbocycles. The maximum atomic E-state index is 12.2. The summed E-state index contributed by atoms with van der Waals surface area (Å²) in [6.45, 7) is 6.68. The highest BCUT2D eigenvalue weighted by Crippen LogP contribution is 2.35. The van der Waals surface area contributed by atoms with Crippen LogP contribution in [0.1, 0.15) is 18.1 Å². The Bertz CT molecular complexity index is 1050. The molecule has 0 atom stereocenters. The van der Waals surface area contributed by atoms with Crippen molar-refractivity contribution in [3.05, 3.63) is 39.7 Å². The number of hydrogen-bond acceptors (Lipinski definition) is 8. The van der Waals surface area contributed by atoms with Gasteiger partial charge in [-0.15, -0.1) is 0 Å². The molecular weight excluding hydrogens is 386 g/mol. The molecule has 0 unspecified atom stereocenters. The van der Waals surface area contributed by atoms with Crippen LogP contribution in [0.2, 0.25) is 0 Å². The minimum Gasteiger partial charge on any atom is -0.490 e. The second kappa shape index (κ2) is 9.79. The monoisotopic (exact) mass is 409 g/mol. The number of nitrogens with two attached hydrogens (primary N) is 1. The molecule has 1 fully saturated rings. The second-order valence-electron chi connectivity index (χ2n) is 6.61. The fourth-order valence-electron chi connectivity index (χ4n) is 3.29. The van der Waals surface area contributed by atoms with E-state index in [9.17, 15) is 15.3 Å². The SMILES string of the molecule is CCOc1cc(-c2c(C#N)c(N)[nH]c(=O)c2C#N)ccc1OCCN1CCOCC1. The lowest BCUT2D eigenvalue weighted by atomic mass is 9.96. The summed E-state index contributed by atoms with van der Waals surface area (Å²) in [5.74, 6) is 0.924. The first-order valence-corrected chi connectivity index (χ1v) is 9.65.